The van der Waals surface area contributed by atoms with Crippen LogP contribution in [0.5, 0.6) is 0 Å². The van der Waals surface area contributed by atoms with Crippen LogP contribution in [0.15, 0.2) is 0 Å². The molecule has 0 aromatic carbocycles. The smallest absolute Gasteiger partial charge is 0.401 e. The Morgan fingerprint density at radius 3 is 2.23 bits per heavy atom. The molecule has 4 nitrogen and oxygen atoms in total. The van der Waals surface area contributed by atoms with Crippen molar-refractivity contribution in [2.24, 2.45) is 0 Å². The molecule has 0 radical (unpaired) electrons. The van der Waals surface area contributed by atoms with E-state index < -0.39 is 30.8 Å². The fourth-order valence-corrected chi connectivity index (χ4v) is 0.690. The van der Waals surface area contributed by atoms with Crippen LogP contribution in [-0.4, -0.2) is 41.0 Å². The van der Waals surface area contributed by atoms with Crippen LogP contribution in [0, 0.1) is 0 Å². The zero-order valence-electron chi connectivity index (χ0n) is 6.80. The third-order valence-electron chi connectivity index (χ3n) is 1.27. The molecule has 0 aliphatic carbocycles. The van der Waals surface area contributed by atoms with Crippen LogP contribution in [0.25, 0.3) is 0 Å². The summed E-state index contributed by atoms with van der Waals surface area (Å²) in [6.07, 6.45) is -5.86. The Morgan fingerprint density at radius 1 is 1.54 bits per heavy atom. The number of carboxylic acids is 1. The summed E-state index contributed by atoms with van der Waals surface area (Å²) in [5.41, 5.74) is 0. The van der Waals surface area contributed by atoms with Gasteiger partial charge in [0.05, 0.1) is 12.6 Å². The highest BCUT2D eigenvalue weighted by atomic mass is 19.4. The SMILES string of the molecule is C[C@@H](O)[C@H](NCC(F)(F)F)C(=O)O. The summed E-state index contributed by atoms with van der Waals surface area (Å²) in [7, 11) is 0. The molecule has 0 rings (SSSR count). The van der Waals surface area contributed by atoms with Crippen LogP contribution in [-0.2, 0) is 4.79 Å². The molecule has 0 aromatic rings. The number of carboxylic acid groups (broad SMARTS) is 1. The summed E-state index contributed by atoms with van der Waals surface area (Å²) in [4.78, 5) is 10.3. The van der Waals surface area contributed by atoms with Crippen molar-refractivity contribution in [1.82, 2.24) is 5.32 Å². The van der Waals surface area contributed by atoms with Gasteiger partial charge in [-0.15, -0.1) is 0 Å². The van der Waals surface area contributed by atoms with Crippen LogP contribution in [0.4, 0.5) is 13.2 Å². The van der Waals surface area contributed by atoms with Gasteiger partial charge >= 0.3 is 12.1 Å². The summed E-state index contributed by atoms with van der Waals surface area (Å²) in [6, 6.07) is -1.60. The lowest BCUT2D eigenvalue weighted by Crippen LogP contribution is -2.48. The summed E-state index contributed by atoms with van der Waals surface area (Å²) < 4.78 is 34.8. The maximum atomic E-state index is 11.6. The first kappa shape index (κ1) is 12.2. The van der Waals surface area contributed by atoms with Gasteiger partial charge in [0.2, 0.25) is 0 Å². The lowest BCUT2D eigenvalue weighted by molar-refractivity contribution is -0.146. The molecule has 13 heavy (non-hydrogen) atoms. The highest BCUT2D eigenvalue weighted by Crippen LogP contribution is 2.12. The van der Waals surface area contributed by atoms with E-state index in [1.54, 1.807) is 5.32 Å². The molecular formula is C6H10F3NO3. The Kier molecular flexibility index (Phi) is 4.15. The lowest BCUT2D eigenvalue weighted by atomic mass is 10.2. The van der Waals surface area contributed by atoms with E-state index in [1.165, 1.54) is 0 Å². The molecule has 0 amide bonds. The number of hydrogen-bond donors (Lipinski definition) is 3. The van der Waals surface area contributed by atoms with Gasteiger partial charge in [-0.05, 0) is 6.92 Å². The van der Waals surface area contributed by atoms with E-state index >= 15 is 0 Å². The second-order valence-electron chi connectivity index (χ2n) is 2.55. The first-order chi connectivity index (χ1) is 5.74. The second kappa shape index (κ2) is 4.43. The van der Waals surface area contributed by atoms with Crippen molar-refractivity contribution in [3.63, 3.8) is 0 Å². The van der Waals surface area contributed by atoms with E-state index in [0.29, 0.717) is 0 Å². The Morgan fingerprint density at radius 2 is 2.00 bits per heavy atom. The average molecular weight is 201 g/mol. The first-order valence-electron chi connectivity index (χ1n) is 3.45. The highest BCUT2D eigenvalue weighted by molar-refractivity contribution is 5.74. The summed E-state index contributed by atoms with van der Waals surface area (Å²) in [6.45, 7) is -0.336. The number of carbonyl (C=O) groups is 1. The maximum absolute atomic E-state index is 11.6. The summed E-state index contributed by atoms with van der Waals surface area (Å²) in [5.74, 6) is -1.51. The Bertz CT molecular complexity index is 180. The normalized spacial score (nSPS) is 16.7. The van der Waals surface area contributed by atoms with Crippen LogP contribution < -0.4 is 5.32 Å². The first-order valence-corrected chi connectivity index (χ1v) is 3.45. The zero-order chi connectivity index (χ0) is 10.6. The van der Waals surface area contributed by atoms with Crippen LogP contribution >= 0.6 is 0 Å². The van der Waals surface area contributed by atoms with Crippen molar-refractivity contribution in [1.29, 1.82) is 0 Å². The minimum absolute atomic E-state index is 1.10. The number of alkyl halides is 3. The van der Waals surface area contributed by atoms with Gasteiger partial charge in [0.1, 0.15) is 6.04 Å². The van der Waals surface area contributed by atoms with E-state index in [0.717, 1.165) is 6.92 Å². The van der Waals surface area contributed by atoms with Crippen molar-refractivity contribution in [3.8, 4) is 0 Å². The maximum Gasteiger partial charge on any atom is 0.401 e. The topological polar surface area (TPSA) is 69.6 Å². The van der Waals surface area contributed by atoms with Gasteiger partial charge in [-0.3, -0.25) is 10.1 Å². The third kappa shape index (κ3) is 5.42. The van der Waals surface area contributed by atoms with E-state index in [4.69, 9.17) is 10.2 Å². The number of aliphatic hydroxyl groups is 1. The largest absolute Gasteiger partial charge is 0.480 e. The van der Waals surface area contributed by atoms with Gasteiger partial charge in [-0.2, -0.15) is 13.2 Å². The molecule has 2 atom stereocenters. The van der Waals surface area contributed by atoms with Gasteiger partial charge in [-0.1, -0.05) is 0 Å². The van der Waals surface area contributed by atoms with E-state index in [9.17, 15) is 18.0 Å². The predicted octanol–water partition coefficient (Wildman–Crippen LogP) is -0.0277. The minimum Gasteiger partial charge on any atom is -0.480 e. The fourth-order valence-electron chi connectivity index (χ4n) is 0.690. The number of rotatable bonds is 4. The van der Waals surface area contributed by atoms with Crippen molar-refractivity contribution < 1.29 is 28.2 Å². The van der Waals surface area contributed by atoms with Gasteiger partial charge in [0.25, 0.3) is 0 Å². The Balaban J connectivity index is 4.06. The van der Waals surface area contributed by atoms with Crippen LogP contribution in [0.3, 0.4) is 0 Å². The van der Waals surface area contributed by atoms with Crippen LogP contribution in [0.1, 0.15) is 6.92 Å². The third-order valence-corrected chi connectivity index (χ3v) is 1.27. The van der Waals surface area contributed by atoms with Gasteiger partial charge < -0.3 is 10.2 Å². The molecule has 0 heterocycles. The molecule has 78 valence electrons. The fraction of sp³-hybridized carbons (Fsp3) is 0.833. The van der Waals surface area contributed by atoms with Crippen LogP contribution in [0.2, 0.25) is 0 Å². The number of halogens is 3. The Labute approximate surface area is 72.4 Å². The van der Waals surface area contributed by atoms with Gasteiger partial charge in [0.15, 0.2) is 0 Å². The van der Waals surface area contributed by atoms with E-state index in [1.807, 2.05) is 0 Å². The minimum atomic E-state index is -4.48. The predicted molar refractivity (Wildman–Crippen MR) is 37.2 cm³/mol. The number of hydrogen-bond acceptors (Lipinski definition) is 3. The lowest BCUT2D eigenvalue weighted by Gasteiger charge is -2.17. The standard InChI is InChI=1S/C6H10F3NO3/c1-3(11)4(5(12)13)10-2-6(7,8)9/h3-4,10-11H,2H2,1H3,(H,12,13)/t3-,4+/m1/s1. The van der Waals surface area contributed by atoms with Gasteiger partial charge in [0, 0.05) is 0 Å². The molecule has 0 saturated heterocycles. The summed E-state index contributed by atoms with van der Waals surface area (Å²) in [5, 5.41) is 18.8. The molecule has 0 spiro atoms. The molecule has 0 aliphatic rings. The number of aliphatic hydroxyl groups excluding tert-OH is 1. The van der Waals surface area contributed by atoms with Crippen molar-refractivity contribution in [2.75, 3.05) is 6.54 Å². The van der Waals surface area contributed by atoms with Crippen molar-refractivity contribution in [3.05, 3.63) is 0 Å². The molecular weight excluding hydrogens is 191 g/mol. The van der Waals surface area contributed by atoms with E-state index in [-0.39, 0.29) is 0 Å². The Hall–Kier alpha value is -0.820. The second-order valence-corrected chi connectivity index (χ2v) is 2.55. The quantitative estimate of drug-likeness (QED) is 0.597. The number of nitrogens with one attached hydrogen (secondary N) is 1. The molecule has 0 aromatic heterocycles. The molecule has 0 saturated carbocycles. The molecule has 7 heteroatoms. The average Bonchev–Trinajstić information content (AvgIpc) is 1.82. The van der Waals surface area contributed by atoms with Gasteiger partial charge in [-0.25, -0.2) is 0 Å². The molecule has 0 aliphatic heterocycles. The monoisotopic (exact) mass is 201 g/mol. The molecule has 0 unspecified atom stereocenters. The zero-order valence-corrected chi connectivity index (χ0v) is 6.80. The van der Waals surface area contributed by atoms with Crippen molar-refractivity contribution >= 4 is 5.97 Å². The molecule has 0 bridgehead atoms. The number of aliphatic carboxylic acids is 1. The highest BCUT2D eigenvalue weighted by Gasteiger charge is 2.31. The van der Waals surface area contributed by atoms with Crippen molar-refractivity contribution in [2.45, 2.75) is 25.2 Å². The molecule has 3 N–H and O–H groups in total. The molecule has 0 fully saturated rings. The van der Waals surface area contributed by atoms with E-state index in [2.05, 4.69) is 0 Å². The summed E-state index contributed by atoms with van der Waals surface area (Å²) >= 11 is 0.